The van der Waals surface area contributed by atoms with Gasteiger partial charge in [-0.1, -0.05) is 28.1 Å². The molecule has 3 nitrogen and oxygen atoms in total. The lowest BCUT2D eigenvalue weighted by Crippen LogP contribution is -1.99. The van der Waals surface area contributed by atoms with Crippen molar-refractivity contribution in [2.75, 3.05) is 5.32 Å². The Hall–Kier alpha value is -1.86. The molecule has 1 heterocycles. The summed E-state index contributed by atoms with van der Waals surface area (Å²) in [5.41, 5.74) is 2.52. The van der Waals surface area contributed by atoms with Gasteiger partial charge in [0.25, 0.3) is 0 Å². The molecule has 1 N–H and O–H groups in total. The van der Waals surface area contributed by atoms with E-state index in [0.717, 1.165) is 16.7 Å². The van der Waals surface area contributed by atoms with Crippen LogP contribution in [-0.4, -0.2) is 4.98 Å². The highest BCUT2D eigenvalue weighted by Gasteiger charge is 1.96. The van der Waals surface area contributed by atoms with E-state index in [-0.39, 0.29) is 0 Å². The van der Waals surface area contributed by atoms with Crippen molar-refractivity contribution in [1.82, 2.24) is 4.98 Å². The molecule has 0 aliphatic carbocycles. The predicted molar refractivity (Wildman–Crippen MR) is 70.4 cm³/mol. The van der Waals surface area contributed by atoms with Crippen LogP contribution < -0.4 is 5.32 Å². The largest absolute Gasteiger partial charge is 0.380 e. The number of benzene rings is 1. The number of pyridine rings is 1. The second-order valence-electron chi connectivity index (χ2n) is 3.53. The van der Waals surface area contributed by atoms with E-state index in [4.69, 9.17) is 5.26 Å². The lowest BCUT2D eigenvalue weighted by atomic mass is 10.2. The highest BCUT2D eigenvalue weighted by atomic mass is 79.9. The first-order valence-corrected chi connectivity index (χ1v) is 5.92. The average molecular weight is 288 g/mol. The minimum absolute atomic E-state index is 0.429. The summed E-state index contributed by atoms with van der Waals surface area (Å²) >= 11 is 3.43. The Kier molecular flexibility index (Phi) is 3.73. The molecule has 17 heavy (non-hydrogen) atoms. The minimum Gasteiger partial charge on any atom is -0.380 e. The molecule has 1 aromatic heterocycles. The first-order valence-electron chi connectivity index (χ1n) is 5.12. The SMILES string of the molecule is N#Cc1ccc(NCc2cccc(Br)c2)cn1. The topological polar surface area (TPSA) is 48.7 Å². The molecule has 4 heteroatoms. The minimum atomic E-state index is 0.429. The molecule has 0 spiro atoms. The van der Waals surface area contributed by atoms with Gasteiger partial charge in [0.05, 0.1) is 11.9 Å². The zero-order chi connectivity index (χ0) is 12.1. The van der Waals surface area contributed by atoms with Crippen molar-refractivity contribution in [2.24, 2.45) is 0 Å². The highest BCUT2D eigenvalue weighted by Crippen LogP contribution is 2.13. The fourth-order valence-electron chi connectivity index (χ4n) is 1.42. The number of hydrogen-bond acceptors (Lipinski definition) is 3. The van der Waals surface area contributed by atoms with Crippen LogP contribution in [0.15, 0.2) is 47.1 Å². The van der Waals surface area contributed by atoms with Crippen LogP contribution in [0.2, 0.25) is 0 Å². The van der Waals surface area contributed by atoms with E-state index in [1.54, 1.807) is 12.3 Å². The summed E-state index contributed by atoms with van der Waals surface area (Å²) in [7, 11) is 0. The van der Waals surface area contributed by atoms with Crippen molar-refractivity contribution >= 4 is 21.6 Å². The van der Waals surface area contributed by atoms with E-state index in [9.17, 15) is 0 Å². The molecule has 0 aliphatic heterocycles. The molecule has 0 radical (unpaired) electrons. The summed E-state index contributed by atoms with van der Waals surface area (Å²) in [6.07, 6.45) is 1.66. The van der Waals surface area contributed by atoms with E-state index in [1.165, 1.54) is 5.56 Å². The predicted octanol–water partition coefficient (Wildman–Crippen LogP) is 3.33. The van der Waals surface area contributed by atoms with Crippen molar-refractivity contribution in [3.8, 4) is 6.07 Å². The third-order valence-corrected chi connectivity index (χ3v) is 2.76. The summed E-state index contributed by atoms with van der Waals surface area (Å²) < 4.78 is 1.06. The van der Waals surface area contributed by atoms with Gasteiger partial charge in [-0.15, -0.1) is 0 Å². The molecule has 0 atom stereocenters. The maximum absolute atomic E-state index is 8.63. The highest BCUT2D eigenvalue weighted by molar-refractivity contribution is 9.10. The molecule has 84 valence electrons. The first-order chi connectivity index (χ1) is 8.28. The number of nitrogens with zero attached hydrogens (tertiary/aromatic N) is 2. The maximum Gasteiger partial charge on any atom is 0.140 e. The van der Waals surface area contributed by atoms with Crippen LogP contribution >= 0.6 is 15.9 Å². The Labute approximate surface area is 108 Å². The van der Waals surface area contributed by atoms with Gasteiger partial charge in [0, 0.05) is 11.0 Å². The van der Waals surface area contributed by atoms with Gasteiger partial charge >= 0.3 is 0 Å². The van der Waals surface area contributed by atoms with Gasteiger partial charge in [-0.05, 0) is 29.8 Å². The number of nitriles is 1. The molecular weight excluding hydrogens is 278 g/mol. The van der Waals surface area contributed by atoms with E-state index in [1.807, 2.05) is 24.3 Å². The van der Waals surface area contributed by atoms with E-state index in [2.05, 4.69) is 38.4 Å². The summed E-state index contributed by atoms with van der Waals surface area (Å²) in [4.78, 5) is 3.99. The Morgan fingerprint density at radius 1 is 1.29 bits per heavy atom. The Bertz CT molecular complexity index is 543. The molecule has 0 fully saturated rings. The van der Waals surface area contributed by atoms with Crippen molar-refractivity contribution in [3.63, 3.8) is 0 Å². The quantitative estimate of drug-likeness (QED) is 0.942. The lowest BCUT2D eigenvalue weighted by molar-refractivity contribution is 1.13. The van der Waals surface area contributed by atoms with Crippen molar-refractivity contribution < 1.29 is 0 Å². The monoisotopic (exact) mass is 287 g/mol. The van der Waals surface area contributed by atoms with Crippen LogP contribution in [0.4, 0.5) is 5.69 Å². The molecule has 2 rings (SSSR count). The van der Waals surface area contributed by atoms with Gasteiger partial charge in [-0.25, -0.2) is 4.98 Å². The van der Waals surface area contributed by atoms with Crippen molar-refractivity contribution in [3.05, 3.63) is 58.3 Å². The third kappa shape index (κ3) is 3.30. The van der Waals surface area contributed by atoms with E-state index in [0.29, 0.717) is 5.69 Å². The van der Waals surface area contributed by atoms with Crippen molar-refractivity contribution in [1.29, 1.82) is 5.26 Å². The van der Waals surface area contributed by atoms with Crippen LogP contribution in [0, 0.1) is 11.3 Å². The fraction of sp³-hybridized carbons (Fsp3) is 0.0769. The molecule has 1 aromatic carbocycles. The Morgan fingerprint density at radius 2 is 2.18 bits per heavy atom. The molecule has 0 aliphatic rings. The number of halogens is 1. The van der Waals surface area contributed by atoms with Gasteiger partial charge in [0.15, 0.2) is 0 Å². The summed E-state index contributed by atoms with van der Waals surface area (Å²) in [5.74, 6) is 0. The lowest BCUT2D eigenvalue weighted by Gasteiger charge is -2.06. The van der Waals surface area contributed by atoms with Gasteiger partial charge < -0.3 is 5.32 Å². The molecule has 0 amide bonds. The zero-order valence-corrected chi connectivity index (χ0v) is 10.6. The number of aromatic nitrogens is 1. The van der Waals surface area contributed by atoms with Crippen LogP contribution in [0.5, 0.6) is 0 Å². The normalized spacial score (nSPS) is 9.65. The van der Waals surface area contributed by atoms with Crippen LogP contribution in [-0.2, 0) is 6.54 Å². The third-order valence-electron chi connectivity index (χ3n) is 2.26. The van der Waals surface area contributed by atoms with E-state index < -0.39 is 0 Å². The molecule has 0 bridgehead atoms. The summed E-state index contributed by atoms with van der Waals surface area (Å²) in [6.45, 7) is 0.729. The zero-order valence-electron chi connectivity index (χ0n) is 9.02. The molecule has 0 saturated carbocycles. The molecule has 0 unspecified atom stereocenters. The summed E-state index contributed by atoms with van der Waals surface area (Å²) in [5, 5.41) is 11.9. The van der Waals surface area contributed by atoms with Crippen molar-refractivity contribution in [2.45, 2.75) is 6.54 Å². The smallest absolute Gasteiger partial charge is 0.140 e. The average Bonchev–Trinajstić information content (AvgIpc) is 2.37. The second-order valence-corrected chi connectivity index (χ2v) is 4.44. The molecule has 0 saturated heterocycles. The van der Waals surface area contributed by atoms with Crippen LogP contribution in [0.1, 0.15) is 11.3 Å². The maximum atomic E-state index is 8.63. The second kappa shape index (κ2) is 5.46. The number of rotatable bonds is 3. The number of anilines is 1. The molecular formula is C13H10BrN3. The molecule has 2 aromatic rings. The first kappa shape index (κ1) is 11.6. The Balaban J connectivity index is 2.00. The van der Waals surface area contributed by atoms with Gasteiger partial charge in [-0.3, -0.25) is 0 Å². The van der Waals surface area contributed by atoms with Gasteiger partial charge in [-0.2, -0.15) is 5.26 Å². The Morgan fingerprint density at radius 3 is 2.82 bits per heavy atom. The number of hydrogen-bond donors (Lipinski definition) is 1. The van der Waals surface area contributed by atoms with E-state index >= 15 is 0 Å². The fourth-order valence-corrected chi connectivity index (χ4v) is 1.86. The standard InChI is InChI=1S/C13H10BrN3/c14-11-3-1-2-10(6-11)8-16-13-5-4-12(7-15)17-9-13/h1-6,9,16H,8H2. The van der Waals surface area contributed by atoms with Gasteiger partial charge in [0.1, 0.15) is 11.8 Å². The van der Waals surface area contributed by atoms with Crippen LogP contribution in [0.3, 0.4) is 0 Å². The van der Waals surface area contributed by atoms with Crippen LogP contribution in [0.25, 0.3) is 0 Å². The summed E-state index contributed by atoms with van der Waals surface area (Å²) in [6, 6.07) is 13.6. The van der Waals surface area contributed by atoms with Gasteiger partial charge in [0.2, 0.25) is 0 Å². The number of nitrogens with one attached hydrogen (secondary N) is 1.